The topological polar surface area (TPSA) is 89.9 Å². The van der Waals surface area contributed by atoms with Crippen LogP contribution in [0, 0.1) is 0 Å². The lowest BCUT2D eigenvalue weighted by atomic mass is 9.86. The van der Waals surface area contributed by atoms with Crippen LogP contribution in [0.4, 0.5) is 20.2 Å². The molecule has 2 amide bonds. The zero-order chi connectivity index (χ0) is 26.3. The first kappa shape index (κ1) is 26.3. The van der Waals surface area contributed by atoms with Gasteiger partial charge in [-0.25, -0.2) is 8.78 Å². The second kappa shape index (κ2) is 9.95. The van der Waals surface area contributed by atoms with Gasteiger partial charge in [0.15, 0.2) is 5.60 Å². The maximum atomic E-state index is 14.9. The number of nitrogens with zero attached hydrogens (tertiary/aromatic N) is 1. The maximum Gasteiger partial charge on any atom is 0.284 e. The van der Waals surface area contributed by atoms with Crippen LogP contribution in [0.1, 0.15) is 32.7 Å². The van der Waals surface area contributed by atoms with Crippen LogP contribution in [0.3, 0.4) is 0 Å². The van der Waals surface area contributed by atoms with Gasteiger partial charge < -0.3 is 20.4 Å². The van der Waals surface area contributed by atoms with Gasteiger partial charge in [0.1, 0.15) is 0 Å². The number of benzene rings is 3. The molecule has 3 aromatic rings. The van der Waals surface area contributed by atoms with Crippen LogP contribution >= 0.6 is 34.8 Å². The molecule has 0 saturated carbocycles. The van der Waals surface area contributed by atoms with E-state index in [1.807, 2.05) is 0 Å². The number of alkyl halides is 2. The fourth-order valence-corrected chi connectivity index (χ4v) is 4.53. The summed E-state index contributed by atoms with van der Waals surface area (Å²) in [4.78, 5) is 27.0. The molecule has 0 saturated heterocycles. The Balaban J connectivity index is 1.62. The summed E-state index contributed by atoms with van der Waals surface area (Å²) in [6.07, 6.45) is -0.892. The molecule has 1 atom stereocenters. The zero-order valence-corrected chi connectivity index (χ0v) is 20.7. The largest absolute Gasteiger partial charge is 0.393 e. The number of fused-ring (bicyclic) bond motifs is 1. The third-order valence-corrected chi connectivity index (χ3v) is 6.79. The van der Waals surface area contributed by atoms with Crippen LogP contribution in [-0.2, 0) is 5.60 Å². The number of aliphatic hydroxyl groups is 2. The predicted octanol–water partition coefficient (Wildman–Crippen LogP) is 5.76. The van der Waals surface area contributed by atoms with E-state index < -0.39 is 42.9 Å². The van der Waals surface area contributed by atoms with E-state index in [-0.39, 0.29) is 32.4 Å². The minimum absolute atomic E-state index is 0.00565. The molecule has 1 aliphatic rings. The van der Waals surface area contributed by atoms with Crippen LogP contribution in [0.15, 0.2) is 60.7 Å². The fourth-order valence-electron chi connectivity index (χ4n) is 3.99. The van der Waals surface area contributed by atoms with E-state index in [4.69, 9.17) is 34.8 Å². The van der Waals surface area contributed by atoms with Crippen LogP contribution in [0.2, 0.25) is 15.1 Å². The van der Waals surface area contributed by atoms with Crippen LogP contribution in [0.5, 0.6) is 0 Å². The highest BCUT2D eigenvalue weighted by Gasteiger charge is 2.56. The summed E-state index contributed by atoms with van der Waals surface area (Å²) in [5, 5.41) is 23.7. The quantitative estimate of drug-likeness (QED) is 0.382. The van der Waals surface area contributed by atoms with Crippen molar-refractivity contribution in [1.82, 2.24) is 0 Å². The van der Waals surface area contributed by atoms with Crippen molar-refractivity contribution in [3.63, 3.8) is 0 Å². The third kappa shape index (κ3) is 4.79. The van der Waals surface area contributed by atoms with E-state index in [2.05, 4.69) is 5.32 Å². The van der Waals surface area contributed by atoms with E-state index in [0.29, 0.717) is 10.7 Å². The van der Waals surface area contributed by atoms with E-state index in [1.54, 1.807) is 6.07 Å². The molecule has 0 radical (unpaired) electrons. The molecule has 0 unspecified atom stereocenters. The molecule has 6 nitrogen and oxygen atoms in total. The van der Waals surface area contributed by atoms with Gasteiger partial charge in [0.25, 0.3) is 17.7 Å². The maximum absolute atomic E-state index is 14.9. The summed E-state index contributed by atoms with van der Waals surface area (Å²) in [6, 6.07) is 14.1. The monoisotopic (exact) mass is 554 g/mol. The Morgan fingerprint density at radius 1 is 0.972 bits per heavy atom. The Kier molecular flexibility index (Phi) is 7.28. The Hall–Kier alpha value is -2.75. The van der Waals surface area contributed by atoms with E-state index in [9.17, 15) is 28.6 Å². The van der Waals surface area contributed by atoms with Gasteiger partial charge in [-0.1, -0.05) is 34.8 Å². The number of aliphatic hydroxyl groups excluding tert-OH is 1. The molecule has 0 spiro atoms. The normalized spacial score (nSPS) is 18.8. The summed E-state index contributed by atoms with van der Waals surface area (Å²) in [5.74, 6) is -4.86. The standard InChI is InChI=1S/C25H19Cl3F2N2O4/c26-15-3-7-20(28)18(11-15)22(34)31-17-5-1-14(2-6-17)23(35)32-10-9-25(29,30)24(36,13-33)19-12-16(27)4-8-21(19)32/h1-8,11-12,33,36H,9-10,13H2,(H,31,34)/t24-/m0/s1. The van der Waals surface area contributed by atoms with Gasteiger partial charge in [-0.15, -0.1) is 0 Å². The first-order valence-electron chi connectivity index (χ1n) is 10.7. The van der Waals surface area contributed by atoms with Gasteiger partial charge in [0.2, 0.25) is 0 Å². The molecular formula is C25H19Cl3F2N2O4. The third-order valence-electron chi connectivity index (χ3n) is 5.99. The number of hydrogen-bond donors (Lipinski definition) is 3. The summed E-state index contributed by atoms with van der Waals surface area (Å²) >= 11 is 18.0. The molecule has 1 heterocycles. The van der Waals surface area contributed by atoms with Crippen molar-refractivity contribution in [3.05, 3.63) is 92.4 Å². The lowest BCUT2D eigenvalue weighted by Crippen LogP contribution is -2.48. The Morgan fingerprint density at radius 2 is 1.61 bits per heavy atom. The molecular weight excluding hydrogens is 537 g/mol. The highest BCUT2D eigenvalue weighted by Crippen LogP contribution is 2.47. The van der Waals surface area contributed by atoms with Crippen molar-refractivity contribution in [2.24, 2.45) is 0 Å². The van der Waals surface area contributed by atoms with Crippen molar-refractivity contribution in [1.29, 1.82) is 0 Å². The van der Waals surface area contributed by atoms with Crippen molar-refractivity contribution < 1.29 is 28.6 Å². The SMILES string of the molecule is O=C(Nc1ccc(C(=O)N2CCC(F)(F)[C@](O)(CO)c3cc(Cl)ccc32)cc1)c1cc(Cl)ccc1Cl. The van der Waals surface area contributed by atoms with E-state index in [0.717, 1.165) is 11.0 Å². The Bertz CT molecular complexity index is 1340. The Morgan fingerprint density at radius 3 is 2.28 bits per heavy atom. The van der Waals surface area contributed by atoms with Crippen LogP contribution < -0.4 is 10.2 Å². The Labute approximate surface area is 220 Å². The van der Waals surface area contributed by atoms with Crippen molar-refractivity contribution >= 4 is 58.0 Å². The number of carbonyl (C=O) groups excluding carboxylic acids is 2. The van der Waals surface area contributed by atoms with Crippen LogP contribution in [0.25, 0.3) is 0 Å². The minimum atomic E-state index is -3.73. The van der Waals surface area contributed by atoms with Gasteiger partial charge in [-0.2, -0.15) is 0 Å². The molecule has 3 aromatic carbocycles. The highest BCUT2D eigenvalue weighted by molar-refractivity contribution is 6.36. The van der Waals surface area contributed by atoms with Gasteiger partial charge in [-0.3, -0.25) is 9.59 Å². The lowest BCUT2D eigenvalue weighted by molar-refractivity contribution is -0.205. The minimum Gasteiger partial charge on any atom is -0.393 e. The number of carbonyl (C=O) groups is 2. The molecule has 1 aliphatic heterocycles. The molecule has 11 heteroatoms. The molecule has 0 bridgehead atoms. The fraction of sp³-hybridized carbons (Fsp3) is 0.200. The number of anilines is 2. The predicted molar refractivity (Wildman–Crippen MR) is 135 cm³/mol. The van der Waals surface area contributed by atoms with Crippen molar-refractivity contribution in [2.75, 3.05) is 23.4 Å². The highest BCUT2D eigenvalue weighted by atomic mass is 35.5. The van der Waals surface area contributed by atoms with Crippen molar-refractivity contribution in [3.8, 4) is 0 Å². The van der Waals surface area contributed by atoms with E-state index in [1.165, 1.54) is 48.5 Å². The molecule has 188 valence electrons. The number of amides is 2. The molecule has 4 rings (SSSR count). The average Bonchev–Trinajstić information content (AvgIpc) is 2.93. The van der Waals surface area contributed by atoms with Gasteiger partial charge in [-0.05, 0) is 60.7 Å². The smallest absolute Gasteiger partial charge is 0.284 e. The van der Waals surface area contributed by atoms with Gasteiger partial charge in [0, 0.05) is 39.8 Å². The average molecular weight is 556 g/mol. The summed E-state index contributed by atoms with van der Waals surface area (Å²) in [6.45, 7) is -1.69. The number of rotatable bonds is 4. The second-order valence-electron chi connectivity index (χ2n) is 8.25. The molecule has 3 N–H and O–H groups in total. The lowest BCUT2D eigenvalue weighted by Gasteiger charge is -2.33. The molecule has 0 aromatic heterocycles. The molecule has 36 heavy (non-hydrogen) atoms. The molecule has 0 aliphatic carbocycles. The summed E-state index contributed by atoms with van der Waals surface area (Å²) < 4.78 is 29.8. The van der Waals surface area contributed by atoms with Gasteiger partial charge >= 0.3 is 0 Å². The van der Waals surface area contributed by atoms with Gasteiger partial charge in [0.05, 0.1) is 22.9 Å². The first-order valence-corrected chi connectivity index (χ1v) is 11.8. The molecule has 0 fully saturated rings. The summed E-state index contributed by atoms with van der Waals surface area (Å²) in [5.41, 5.74) is -2.59. The van der Waals surface area contributed by atoms with Crippen molar-refractivity contribution in [2.45, 2.75) is 17.9 Å². The number of hydrogen-bond acceptors (Lipinski definition) is 4. The number of halogens is 5. The van der Waals surface area contributed by atoms with E-state index >= 15 is 0 Å². The first-order chi connectivity index (χ1) is 17.0. The van der Waals surface area contributed by atoms with Crippen LogP contribution in [-0.4, -0.2) is 41.1 Å². The zero-order valence-electron chi connectivity index (χ0n) is 18.4. The number of nitrogens with one attached hydrogen (secondary N) is 1. The summed E-state index contributed by atoms with van der Waals surface area (Å²) in [7, 11) is 0. The second-order valence-corrected chi connectivity index (χ2v) is 9.53.